The van der Waals surface area contributed by atoms with Gasteiger partial charge in [-0.05, 0) is 19.3 Å². The van der Waals surface area contributed by atoms with Crippen molar-refractivity contribution in [2.24, 2.45) is 0 Å². The molecule has 1 fully saturated rings. The lowest BCUT2D eigenvalue weighted by Gasteiger charge is -2.19. The van der Waals surface area contributed by atoms with E-state index in [0.717, 1.165) is 38.9 Å². The molecule has 1 aliphatic heterocycles. The molecule has 0 aromatic rings. The fourth-order valence-electron chi connectivity index (χ4n) is 1.39. The van der Waals surface area contributed by atoms with E-state index in [9.17, 15) is 4.79 Å². The highest BCUT2D eigenvalue weighted by molar-refractivity contribution is 5.66. The molecular weight excluding hydrogens is 156 g/mol. The second-order valence-corrected chi connectivity index (χ2v) is 3.13. The van der Waals surface area contributed by atoms with Gasteiger partial charge in [-0.2, -0.15) is 0 Å². The van der Waals surface area contributed by atoms with Crippen LogP contribution in [0.4, 0.5) is 0 Å². The molecule has 1 aliphatic rings. The molecule has 0 unspecified atom stereocenters. The molecule has 3 nitrogen and oxygen atoms in total. The first kappa shape index (κ1) is 9.52. The molecule has 0 aromatic heterocycles. The molecule has 0 aromatic carbocycles. The monoisotopic (exact) mass is 172 g/mol. The van der Waals surface area contributed by atoms with Gasteiger partial charge in [-0.25, -0.2) is 0 Å². The summed E-state index contributed by atoms with van der Waals surface area (Å²) >= 11 is 0. The van der Waals surface area contributed by atoms with Gasteiger partial charge in [-0.1, -0.05) is 0 Å². The van der Waals surface area contributed by atoms with Crippen molar-refractivity contribution in [2.45, 2.75) is 38.7 Å². The van der Waals surface area contributed by atoms with Gasteiger partial charge < -0.3 is 9.47 Å². The van der Waals surface area contributed by atoms with E-state index in [1.165, 1.54) is 6.92 Å². The fraction of sp³-hybridized carbons (Fsp3) is 0.889. The highest BCUT2D eigenvalue weighted by Crippen LogP contribution is 2.12. The summed E-state index contributed by atoms with van der Waals surface area (Å²) in [7, 11) is 0. The van der Waals surface area contributed by atoms with Crippen molar-refractivity contribution in [3.8, 4) is 0 Å². The van der Waals surface area contributed by atoms with E-state index in [0.29, 0.717) is 0 Å². The number of rotatable bonds is 1. The Bertz CT molecular complexity index is 137. The molecule has 0 N–H and O–H groups in total. The zero-order valence-electron chi connectivity index (χ0n) is 7.54. The van der Waals surface area contributed by atoms with E-state index in [1.54, 1.807) is 0 Å². The molecule has 0 bridgehead atoms. The van der Waals surface area contributed by atoms with Crippen molar-refractivity contribution >= 4 is 5.97 Å². The quantitative estimate of drug-likeness (QED) is 0.562. The van der Waals surface area contributed by atoms with Gasteiger partial charge in [0.2, 0.25) is 0 Å². The highest BCUT2D eigenvalue weighted by Gasteiger charge is 2.13. The van der Waals surface area contributed by atoms with Crippen LogP contribution >= 0.6 is 0 Å². The molecule has 1 rings (SSSR count). The van der Waals surface area contributed by atoms with Gasteiger partial charge in [0.1, 0.15) is 6.10 Å². The summed E-state index contributed by atoms with van der Waals surface area (Å²) in [6.07, 6.45) is 4.10. The van der Waals surface area contributed by atoms with E-state index in [4.69, 9.17) is 9.47 Å². The number of carbonyl (C=O) groups excluding carboxylic acids is 1. The smallest absolute Gasteiger partial charge is 0.302 e. The third kappa shape index (κ3) is 3.72. The minimum atomic E-state index is -0.180. The Morgan fingerprint density at radius 3 is 2.92 bits per heavy atom. The van der Waals surface area contributed by atoms with Gasteiger partial charge in [0.15, 0.2) is 0 Å². The number of esters is 1. The predicted molar refractivity (Wildman–Crippen MR) is 44.8 cm³/mol. The number of carbonyl (C=O) groups is 1. The second kappa shape index (κ2) is 5.14. The number of hydrogen-bond donors (Lipinski definition) is 0. The van der Waals surface area contributed by atoms with E-state index in [-0.39, 0.29) is 12.1 Å². The highest BCUT2D eigenvalue weighted by atomic mass is 16.5. The minimum Gasteiger partial charge on any atom is -0.462 e. The maximum absolute atomic E-state index is 10.6. The summed E-state index contributed by atoms with van der Waals surface area (Å²) in [5.41, 5.74) is 0. The van der Waals surface area contributed by atoms with Gasteiger partial charge in [0, 0.05) is 20.0 Å². The van der Waals surface area contributed by atoms with Crippen LogP contribution in [0.3, 0.4) is 0 Å². The summed E-state index contributed by atoms with van der Waals surface area (Å²) in [5, 5.41) is 0. The first-order chi connectivity index (χ1) is 5.79. The van der Waals surface area contributed by atoms with Crippen LogP contribution in [0.25, 0.3) is 0 Å². The molecule has 0 aliphatic carbocycles. The zero-order chi connectivity index (χ0) is 8.81. The molecule has 1 atom stereocenters. The number of ether oxygens (including phenoxy) is 2. The molecule has 1 heterocycles. The molecule has 0 radical (unpaired) electrons. The Balaban J connectivity index is 2.24. The Hall–Kier alpha value is -0.570. The molecule has 3 heteroatoms. The SMILES string of the molecule is CC(=O)O[C@H]1CCCCOCC1. The molecule has 0 amide bonds. The van der Waals surface area contributed by atoms with E-state index in [2.05, 4.69) is 0 Å². The van der Waals surface area contributed by atoms with Crippen LogP contribution in [-0.4, -0.2) is 25.3 Å². The van der Waals surface area contributed by atoms with Crippen LogP contribution in [0.15, 0.2) is 0 Å². The summed E-state index contributed by atoms with van der Waals surface area (Å²) < 4.78 is 10.4. The molecular formula is C9H16O3. The van der Waals surface area contributed by atoms with Crippen molar-refractivity contribution in [2.75, 3.05) is 13.2 Å². The lowest BCUT2D eigenvalue weighted by molar-refractivity contribution is -0.148. The van der Waals surface area contributed by atoms with Crippen molar-refractivity contribution in [3.05, 3.63) is 0 Å². The molecule has 1 saturated heterocycles. The van der Waals surface area contributed by atoms with Crippen LogP contribution in [0.1, 0.15) is 32.6 Å². The average molecular weight is 172 g/mol. The van der Waals surface area contributed by atoms with Crippen LogP contribution in [0, 0.1) is 0 Å². The van der Waals surface area contributed by atoms with Gasteiger partial charge in [-0.15, -0.1) is 0 Å². The third-order valence-corrected chi connectivity index (χ3v) is 1.98. The second-order valence-electron chi connectivity index (χ2n) is 3.13. The van der Waals surface area contributed by atoms with Gasteiger partial charge >= 0.3 is 5.97 Å². The van der Waals surface area contributed by atoms with Gasteiger partial charge in [-0.3, -0.25) is 4.79 Å². The summed E-state index contributed by atoms with van der Waals surface area (Å²) in [5.74, 6) is -0.180. The normalized spacial score (nSPS) is 25.6. The zero-order valence-corrected chi connectivity index (χ0v) is 7.54. The maximum Gasteiger partial charge on any atom is 0.302 e. The first-order valence-corrected chi connectivity index (χ1v) is 4.54. The van der Waals surface area contributed by atoms with E-state index < -0.39 is 0 Å². The molecule has 0 saturated carbocycles. The summed E-state index contributed by atoms with van der Waals surface area (Å²) in [6, 6.07) is 0. The largest absolute Gasteiger partial charge is 0.462 e. The van der Waals surface area contributed by atoms with Gasteiger partial charge in [0.05, 0.1) is 6.61 Å². The first-order valence-electron chi connectivity index (χ1n) is 4.54. The molecule has 0 spiro atoms. The summed E-state index contributed by atoms with van der Waals surface area (Å²) in [4.78, 5) is 10.6. The van der Waals surface area contributed by atoms with Crippen molar-refractivity contribution in [3.63, 3.8) is 0 Å². The van der Waals surface area contributed by atoms with Crippen molar-refractivity contribution < 1.29 is 14.3 Å². The third-order valence-electron chi connectivity index (χ3n) is 1.98. The van der Waals surface area contributed by atoms with E-state index >= 15 is 0 Å². The predicted octanol–water partition coefficient (Wildman–Crippen LogP) is 1.51. The Morgan fingerprint density at radius 1 is 1.33 bits per heavy atom. The number of hydrogen-bond acceptors (Lipinski definition) is 3. The van der Waals surface area contributed by atoms with Crippen LogP contribution in [0.2, 0.25) is 0 Å². The Labute approximate surface area is 73.0 Å². The molecule has 12 heavy (non-hydrogen) atoms. The average Bonchev–Trinajstić information content (AvgIpc) is 1.93. The lowest BCUT2D eigenvalue weighted by atomic mass is 10.1. The van der Waals surface area contributed by atoms with Crippen LogP contribution < -0.4 is 0 Å². The van der Waals surface area contributed by atoms with Crippen LogP contribution in [0.5, 0.6) is 0 Å². The topological polar surface area (TPSA) is 35.5 Å². The summed E-state index contributed by atoms with van der Waals surface area (Å²) in [6.45, 7) is 3.03. The van der Waals surface area contributed by atoms with Crippen molar-refractivity contribution in [1.82, 2.24) is 0 Å². The lowest BCUT2D eigenvalue weighted by Crippen LogP contribution is -2.20. The fourth-order valence-corrected chi connectivity index (χ4v) is 1.39. The maximum atomic E-state index is 10.6. The Kier molecular flexibility index (Phi) is 4.08. The van der Waals surface area contributed by atoms with Crippen molar-refractivity contribution in [1.29, 1.82) is 0 Å². The standard InChI is InChI=1S/C9H16O3/c1-8(10)12-9-4-2-3-6-11-7-5-9/h9H,2-7H2,1H3/t9-/m0/s1. The van der Waals surface area contributed by atoms with E-state index in [1.807, 2.05) is 0 Å². The Morgan fingerprint density at radius 2 is 2.17 bits per heavy atom. The van der Waals surface area contributed by atoms with Crippen LogP contribution in [-0.2, 0) is 14.3 Å². The minimum absolute atomic E-state index is 0.0859. The molecule has 70 valence electrons. The van der Waals surface area contributed by atoms with Gasteiger partial charge in [0.25, 0.3) is 0 Å².